The van der Waals surface area contributed by atoms with Gasteiger partial charge in [-0.1, -0.05) is 43.6 Å². The third-order valence-corrected chi connectivity index (χ3v) is 4.15. The van der Waals surface area contributed by atoms with Crippen molar-refractivity contribution in [3.05, 3.63) is 29.8 Å². The van der Waals surface area contributed by atoms with Crippen LogP contribution < -0.4 is 11.2 Å². The van der Waals surface area contributed by atoms with Gasteiger partial charge in [0, 0.05) is 10.7 Å². The van der Waals surface area contributed by atoms with Crippen LogP contribution in [0.25, 0.3) is 0 Å². The molecule has 1 aromatic carbocycles. The molecule has 0 aliphatic carbocycles. The molecule has 0 heterocycles. The Morgan fingerprint density at radius 3 is 2.21 bits per heavy atom. The summed E-state index contributed by atoms with van der Waals surface area (Å²) in [5, 5.41) is -0.0427. The van der Waals surface area contributed by atoms with Gasteiger partial charge in [0.2, 0.25) is 0 Å². The lowest BCUT2D eigenvalue weighted by atomic mass is 9.83. The minimum Gasteiger partial charge on any atom is -0.429 e. The summed E-state index contributed by atoms with van der Waals surface area (Å²) in [5.41, 5.74) is 6.58. The summed E-state index contributed by atoms with van der Waals surface area (Å²) in [5.74, 6) is -0.0566. The van der Waals surface area contributed by atoms with Crippen LogP contribution in [-0.4, -0.2) is 30.6 Å². The van der Waals surface area contributed by atoms with Gasteiger partial charge in [-0.2, -0.15) is 0 Å². The van der Waals surface area contributed by atoms with Crippen LogP contribution in [0.15, 0.2) is 24.3 Å². The number of ketones is 1. The fourth-order valence-corrected chi connectivity index (χ4v) is 1.30. The minimum atomic E-state index is -0.302. The van der Waals surface area contributed by atoms with E-state index in [4.69, 9.17) is 10.4 Å². The Hall–Kier alpha value is -0.695. The van der Waals surface area contributed by atoms with Crippen LogP contribution >= 0.6 is 9.24 Å². The van der Waals surface area contributed by atoms with E-state index in [2.05, 4.69) is 23.1 Å². The lowest BCUT2D eigenvalue weighted by Crippen LogP contribution is -2.45. The number of Topliss-reactive ketones (excluding diaryl/α,β-unsaturated/α-hetero) is 1. The lowest BCUT2D eigenvalue weighted by Gasteiger charge is -2.39. The number of hydrogen-bond donors (Lipinski definition) is 1. The van der Waals surface area contributed by atoms with Gasteiger partial charge < -0.3 is 10.4 Å². The fourth-order valence-electron chi connectivity index (χ4n) is 1.23. The maximum Gasteiger partial charge on any atom is 0.330 e. The standard InChI is InChI=1S/C14H22BNO2P/c1-13(2,14(3,4)19)18-15-11-7-5-10(6-8-11)12(17)9-16/h5-8H,9,16,19H2,1-4H3. The van der Waals surface area contributed by atoms with E-state index in [9.17, 15) is 4.79 Å². The number of hydrogen-bond acceptors (Lipinski definition) is 3. The maximum atomic E-state index is 11.4. The molecule has 5 heteroatoms. The molecule has 1 atom stereocenters. The van der Waals surface area contributed by atoms with Gasteiger partial charge in [-0.05, 0) is 13.8 Å². The fraction of sp³-hybridized carbons (Fsp3) is 0.500. The summed E-state index contributed by atoms with van der Waals surface area (Å²) < 4.78 is 5.85. The second-order valence-electron chi connectivity index (χ2n) is 5.72. The van der Waals surface area contributed by atoms with Crippen LogP contribution in [-0.2, 0) is 4.65 Å². The Kier molecular flexibility index (Phi) is 5.31. The van der Waals surface area contributed by atoms with E-state index in [1.165, 1.54) is 0 Å². The van der Waals surface area contributed by atoms with Crippen molar-refractivity contribution in [2.45, 2.75) is 38.5 Å². The molecule has 0 fully saturated rings. The predicted octanol–water partition coefficient (Wildman–Crippen LogP) is 1.52. The molecule has 103 valence electrons. The largest absolute Gasteiger partial charge is 0.429 e. The molecular weight excluding hydrogens is 256 g/mol. The Morgan fingerprint density at radius 2 is 1.79 bits per heavy atom. The monoisotopic (exact) mass is 278 g/mol. The van der Waals surface area contributed by atoms with Gasteiger partial charge in [0.15, 0.2) is 5.78 Å². The molecule has 0 aliphatic heterocycles. The van der Waals surface area contributed by atoms with Crippen molar-refractivity contribution in [2.75, 3.05) is 6.54 Å². The highest BCUT2D eigenvalue weighted by atomic mass is 31.0. The highest BCUT2D eigenvalue weighted by Gasteiger charge is 2.33. The predicted molar refractivity (Wildman–Crippen MR) is 84.2 cm³/mol. The third kappa shape index (κ3) is 4.41. The molecule has 0 spiro atoms. The topological polar surface area (TPSA) is 52.3 Å². The van der Waals surface area contributed by atoms with Crippen LogP contribution in [0.2, 0.25) is 0 Å². The second-order valence-corrected chi connectivity index (χ2v) is 7.16. The Morgan fingerprint density at radius 1 is 1.26 bits per heavy atom. The Bertz CT molecular complexity index is 438. The Balaban J connectivity index is 2.67. The zero-order chi connectivity index (χ0) is 14.7. The van der Waals surface area contributed by atoms with Gasteiger partial charge in [0.25, 0.3) is 0 Å². The molecular formula is C14H22BNO2P. The van der Waals surface area contributed by atoms with E-state index in [0.29, 0.717) is 5.56 Å². The zero-order valence-corrected chi connectivity index (χ0v) is 13.2. The first-order chi connectivity index (χ1) is 8.67. The van der Waals surface area contributed by atoms with E-state index < -0.39 is 0 Å². The van der Waals surface area contributed by atoms with Crippen LogP contribution in [0.5, 0.6) is 0 Å². The Labute approximate surface area is 118 Å². The van der Waals surface area contributed by atoms with E-state index in [-0.39, 0.29) is 23.1 Å². The average molecular weight is 278 g/mol. The summed E-state index contributed by atoms with van der Waals surface area (Å²) in [4.78, 5) is 11.4. The van der Waals surface area contributed by atoms with Crippen molar-refractivity contribution < 1.29 is 9.45 Å². The summed E-state index contributed by atoms with van der Waals surface area (Å²) in [6.07, 6.45) is 0. The molecule has 0 amide bonds. The first-order valence-corrected chi connectivity index (χ1v) is 6.88. The molecule has 1 rings (SSSR count). The molecule has 0 saturated carbocycles. The molecule has 2 N–H and O–H groups in total. The minimum absolute atomic E-state index is 0.0356. The highest BCUT2D eigenvalue weighted by Crippen LogP contribution is 2.32. The average Bonchev–Trinajstić information content (AvgIpc) is 2.35. The van der Waals surface area contributed by atoms with Gasteiger partial charge >= 0.3 is 7.48 Å². The molecule has 0 bridgehead atoms. The summed E-state index contributed by atoms with van der Waals surface area (Å²) in [6.45, 7) is 8.34. The van der Waals surface area contributed by atoms with Crippen LogP contribution in [0, 0.1) is 0 Å². The molecule has 1 unspecified atom stereocenters. The number of carbonyl (C=O) groups excluding carboxylic acids is 1. The van der Waals surface area contributed by atoms with Gasteiger partial charge in [0.1, 0.15) is 0 Å². The molecule has 1 radical (unpaired) electrons. The smallest absolute Gasteiger partial charge is 0.330 e. The number of benzene rings is 1. The summed E-state index contributed by atoms with van der Waals surface area (Å²) >= 11 is 0. The van der Waals surface area contributed by atoms with E-state index in [1.54, 1.807) is 19.6 Å². The van der Waals surface area contributed by atoms with Crippen molar-refractivity contribution in [1.29, 1.82) is 0 Å². The molecule has 3 nitrogen and oxygen atoms in total. The van der Waals surface area contributed by atoms with Gasteiger partial charge in [-0.3, -0.25) is 4.79 Å². The second kappa shape index (κ2) is 6.17. The van der Waals surface area contributed by atoms with Crippen LogP contribution in [0.3, 0.4) is 0 Å². The number of carbonyl (C=O) groups is 1. The van der Waals surface area contributed by atoms with E-state index in [1.807, 2.05) is 26.0 Å². The van der Waals surface area contributed by atoms with Crippen molar-refractivity contribution in [3.8, 4) is 0 Å². The van der Waals surface area contributed by atoms with Crippen molar-refractivity contribution in [3.63, 3.8) is 0 Å². The van der Waals surface area contributed by atoms with Crippen LogP contribution in [0.1, 0.15) is 38.1 Å². The highest BCUT2D eigenvalue weighted by molar-refractivity contribution is 7.19. The molecule has 0 aromatic heterocycles. The first-order valence-electron chi connectivity index (χ1n) is 6.30. The molecule has 0 aliphatic rings. The quantitative estimate of drug-likeness (QED) is 0.487. The number of nitrogens with two attached hydrogens (primary N) is 1. The van der Waals surface area contributed by atoms with E-state index in [0.717, 1.165) is 5.46 Å². The first kappa shape index (κ1) is 16.4. The molecule has 0 saturated heterocycles. The van der Waals surface area contributed by atoms with E-state index >= 15 is 0 Å². The normalized spacial score (nSPS) is 12.3. The maximum absolute atomic E-state index is 11.4. The van der Waals surface area contributed by atoms with Gasteiger partial charge in [-0.25, -0.2) is 0 Å². The van der Waals surface area contributed by atoms with Crippen molar-refractivity contribution in [1.82, 2.24) is 0 Å². The number of rotatable bonds is 6. The van der Waals surface area contributed by atoms with Crippen LogP contribution in [0.4, 0.5) is 0 Å². The lowest BCUT2D eigenvalue weighted by molar-refractivity contribution is 0.0841. The van der Waals surface area contributed by atoms with Crippen molar-refractivity contribution in [2.24, 2.45) is 5.73 Å². The third-order valence-electron chi connectivity index (χ3n) is 3.46. The summed E-state index contributed by atoms with van der Waals surface area (Å²) in [6, 6.07) is 7.25. The molecule has 19 heavy (non-hydrogen) atoms. The van der Waals surface area contributed by atoms with Gasteiger partial charge in [-0.15, -0.1) is 9.24 Å². The SMILES string of the molecule is CC(C)(P)C(C)(C)O[B]c1ccc(C(=O)CN)cc1. The molecule has 1 aromatic rings. The van der Waals surface area contributed by atoms with Gasteiger partial charge in [0.05, 0.1) is 12.1 Å². The zero-order valence-electron chi connectivity index (χ0n) is 12.1. The summed E-state index contributed by atoms with van der Waals surface area (Å²) in [7, 11) is 4.52. The van der Waals surface area contributed by atoms with Crippen molar-refractivity contribution >= 4 is 28.0 Å².